The minimum atomic E-state index is 0.316. The fourth-order valence-electron chi connectivity index (χ4n) is 2.24. The van der Waals surface area contributed by atoms with Gasteiger partial charge >= 0.3 is 0 Å². The van der Waals surface area contributed by atoms with Crippen molar-refractivity contribution in [1.29, 1.82) is 0 Å². The topological polar surface area (TPSA) is 12.0 Å². The molecule has 0 aliphatic heterocycles. The first-order valence-corrected chi connectivity index (χ1v) is 7.41. The molecule has 0 saturated heterocycles. The highest BCUT2D eigenvalue weighted by molar-refractivity contribution is 7.17. The molecule has 1 aromatic heterocycles. The van der Waals surface area contributed by atoms with Gasteiger partial charge < -0.3 is 5.32 Å². The number of anilines is 1. The molecule has 1 atom stereocenters. The Morgan fingerprint density at radius 1 is 1.00 bits per heavy atom. The zero-order chi connectivity index (χ0) is 13.2. The van der Waals surface area contributed by atoms with E-state index >= 15 is 0 Å². The first-order chi connectivity index (χ1) is 9.22. The molecule has 0 spiro atoms. The van der Waals surface area contributed by atoms with E-state index < -0.39 is 0 Å². The Hall–Kier alpha value is -1.80. The number of thiophene rings is 1. The molecule has 19 heavy (non-hydrogen) atoms. The summed E-state index contributed by atoms with van der Waals surface area (Å²) in [6, 6.07) is 17.8. The lowest BCUT2D eigenvalue weighted by Crippen LogP contribution is -2.06. The van der Waals surface area contributed by atoms with E-state index in [2.05, 4.69) is 73.1 Å². The summed E-state index contributed by atoms with van der Waals surface area (Å²) < 4.78 is 1.34. The van der Waals surface area contributed by atoms with Crippen LogP contribution in [0.2, 0.25) is 0 Å². The van der Waals surface area contributed by atoms with Crippen molar-refractivity contribution in [3.8, 4) is 0 Å². The summed E-state index contributed by atoms with van der Waals surface area (Å²) in [5, 5.41) is 7.01. The van der Waals surface area contributed by atoms with Crippen LogP contribution in [0.3, 0.4) is 0 Å². The molecule has 2 heteroatoms. The van der Waals surface area contributed by atoms with E-state index in [4.69, 9.17) is 0 Å². The number of hydrogen-bond donors (Lipinski definition) is 1. The molecule has 0 saturated carbocycles. The first-order valence-electron chi connectivity index (χ1n) is 6.53. The molecular formula is C17H17NS. The van der Waals surface area contributed by atoms with Crippen molar-refractivity contribution in [2.45, 2.75) is 19.9 Å². The van der Waals surface area contributed by atoms with Crippen LogP contribution in [-0.4, -0.2) is 0 Å². The van der Waals surface area contributed by atoms with Crippen molar-refractivity contribution in [3.05, 3.63) is 65.0 Å². The van der Waals surface area contributed by atoms with Crippen molar-refractivity contribution in [2.75, 3.05) is 5.32 Å². The maximum absolute atomic E-state index is 3.56. The molecule has 0 aliphatic rings. The Bertz CT molecular complexity index is 682. The lowest BCUT2D eigenvalue weighted by molar-refractivity contribution is 0.884. The Kier molecular flexibility index (Phi) is 3.26. The van der Waals surface area contributed by atoms with Crippen LogP contribution in [-0.2, 0) is 0 Å². The van der Waals surface area contributed by atoms with E-state index in [1.165, 1.54) is 26.9 Å². The van der Waals surface area contributed by atoms with Crippen molar-refractivity contribution >= 4 is 27.1 Å². The summed E-state index contributed by atoms with van der Waals surface area (Å²) in [6.45, 7) is 4.31. The van der Waals surface area contributed by atoms with Gasteiger partial charge in [0.1, 0.15) is 0 Å². The normalized spacial score (nSPS) is 12.5. The third-order valence-electron chi connectivity index (χ3n) is 3.41. The minimum Gasteiger partial charge on any atom is -0.379 e. The predicted molar refractivity (Wildman–Crippen MR) is 85.0 cm³/mol. The lowest BCUT2D eigenvalue weighted by atomic mass is 10.1. The van der Waals surface area contributed by atoms with Gasteiger partial charge in [0.2, 0.25) is 0 Å². The predicted octanol–water partition coefficient (Wildman–Crippen LogP) is 5.38. The van der Waals surface area contributed by atoms with Crippen LogP contribution in [0.15, 0.2) is 53.9 Å². The molecule has 96 valence electrons. The number of aryl methyl sites for hydroxylation is 1. The van der Waals surface area contributed by atoms with Gasteiger partial charge in [0.05, 0.1) is 0 Å². The quantitative estimate of drug-likeness (QED) is 0.671. The van der Waals surface area contributed by atoms with E-state index in [-0.39, 0.29) is 0 Å². The number of fused-ring (bicyclic) bond motifs is 1. The van der Waals surface area contributed by atoms with Crippen LogP contribution in [0.1, 0.15) is 24.1 Å². The molecule has 0 bridgehead atoms. The van der Waals surface area contributed by atoms with Gasteiger partial charge in [-0.1, -0.05) is 29.8 Å². The molecule has 0 aliphatic carbocycles. The summed E-state index contributed by atoms with van der Waals surface area (Å²) in [7, 11) is 0. The fourth-order valence-corrected chi connectivity index (χ4v) is 3.02. The highest BCUT2D eigenvalue weighted by Gasteiger charge is 2.05. The minimum absolute atomic E-state index is 0.316. The third-order valence-corrected chi connectivity index (χ3v) is 4.31. The molecule has 3 rings (SSSR count). The Labute approximate surface area is 117 Å². The molecular weight excluding hydrogens is 250 g/mol. The van der Waals surface area contributed by atoms with Crippen LogP contribution in [0.5, 0.6) is 0 Å². The Morgan fingerprint density at radius 3 is 2.58 bits per heavy atom. The first kappa shape index (κ1) is 12.2. The van der Waals surface area contributed by atoms with E-state index in [1.54, 1.807) is 11.3 Å². The number of nitrogens with one attached hydrogen (secondary N) is 1. The second-order valence-corrected chi connectivity index (χ2v) is 5.90. The molecule has 1 nitrogen and oxygen atoms in total. The number of rotatable bonds is 3. The van der Waals surface area contributed by atoms with Gasteiger partial charge in [-0.05, 0) is 54.4 Å². The molecule has 0 radical (unpaired) electrons. The van der Waals surface area contributed by atoms with Crippen LogP contribution in [0, 0.1) is 6.92 Å². The fraction of sp³-hybridized carbons (Fsp3) is 0.176. The van der Waals surface area contributed by atoms with Crippen molar-refractivity contribution in [3.63, 3.8) is 0 Å². The maximum atomic E-state index is 3.56. The summed E-state index contributed by atoms with van der Waals surface area (Å²) in [4.78, 5) is 0. The van der Waals surface area contributed by atoms with Gasteiger partial charge in [-0.15, -0.1) is 11.3 Å². The van der Waals surface area contributed by atoms with Crippen LogP contribution in [0.25, 0.3) is 10.1 Å². The van der Waals surface area contributed by atoms with Crippen molar-refractivity contribution < 1.29 is 0 Å². The van der Waals surface area contributed by atoms with E-state index in [0.717, 1.165) is 0 Å². The van der Waals surface area contributed by atoms with E-state index in [1.807, 2.05) is 0 Å². The van der Waals surface area contributed by atoms with Crippen LogP contribution >= 0.6 is 11.3 Å². The summed E-state index contributed by atoms with van der Waals surface area (Å²) in [5.74, 6) is 0. The molecule has 1 N–H and O–H groups in total. The summed E-state index contributed by atoms with van der Waals surface area (Å²) >= 11 is 1.79. The second-order valence-electron chi connectivity index (χ2n) is 4.95. The molecule has 0 fully saturated rings. The third kappa shape index (κ3) is 2.64. The van der Waals surface area contributed by atoms with Gasteiger partial charge in [-0.3, -0.25) is 0 Å². The Morgan fingerprint density at radius 2 is 1.79 bits per heavy atom. The van der Waals surface area contributed by atoms with Gasteiger partial charge in [0.25, 0.3) is 0 Å². The summed E-state index contributed by atoms with van der Waals surface area (Å²) in [6.07, 6.45) is 0. The van der Waals surface area contributed by atoms with Gasteiger partial charge in [0, 0.05) is 16.4 Å². The van der Waals surface area contributed by atoms with Crippen LogP contribution < -0.4 is 5.32 Å². The zero-order valence-electron chi connectivity index (χ0n) is 11.2. The zero-order valence-corrected chi connectivity index (χ0v) is 12.0. The number of benzene rings is 2. The average Bonchev–Trinajstić information content (AvgIpc) is 2.87. The molecule has 0 amide bonds. The lowest BCUT2D eigenvalue weighted by Gasteiger charge is -2.16. The largest absolute Gasteiger partial charge is 0.379 e. The van der Waals surface area contributed by atoms with Gasteiger partial charge in [-0.2, -0.15) is 0 Å². The highest BCUT2D eigenvalue weighted by Crippen LogP contribution is 2.26. The molecule has 3 aromatic rings. The van der Waals surface area contributed by atoms with Gasteiger partial charge in [0.15, 0.2) is 0 Å². The van der Waals surface area contributed by atoms with Gasteiger partial charge in [-0.25, -0.2) is 0 Å². The number of hydrogen-bond acceptors (Lipinski definition) is 2. The van der Waals surface area contributed by atoms with Crippen LogP contribution in [0.4, 0.5) is 5.69 Å². The smallest absolute Gasteiger partial charge is 0.0485 e. The maximum Gasteiger partial charge on any atom is 0.0485 e. The standard InChI is InChI=1S/C17H17NS/c1-12-3-5-14(6-4-12)13(2)18-16-7-8-17-15(11-16)9-10-19-17/h3-11,13,18H,1-2H3. The highest BCUT2D eigenvalue weighted by atomic mass is 32.1. The molecule has 2 aromatic carbocycles. The summed E-state index contributed by atoms with van der Waals surface area (Å²) in [5.41, 5.74) is 3.80. The SMILES string of the molecule is Cc1ccc(C(C)Nc2ccc3sccc3c2)cc1. The van der Waals surface area contributed by atoms with E-state index in [0.29, 0.717) is 6.04 Å². The van der Waals surface area contributed by atoms with Crippen molar-refractivity contribution in [1.82, 2.24) is 0 Å². The Balaban J connectivity index is 1.81. The monoisotopic (exact) mass is 267 g/mol. The molecule has 1 heterocycles. The van der Waals surface area contributed by atoms with Crippen molar-refractivity contribution in [2.24, 2.45) is 0 Å². The average molecular weight is 267 g/mol. The second kappa shape index (κ2) is 5.06. The van der Waals surface area contributed by atoms with E-state index in [9.17, 15) is 0 Å². The molecule has 1 unspecified atom stereocenters.